The van der Waals surface area contributed by atoms with Gasteiger partial charge in [0.1, 0.15) is 0 Å². The summed E-state index contributed by atoms with van der Waals surface area (Å²) in [5, 5.41) is 3.38. The van der Waals surface area contributed by atoms with Gasteiger partial charge in [0, 0.05) is 58.4 Å². The van der Waals surface area contributed by atoms with Crippen LogP contribution in [-0.2, 0) is 16.1 Å². The molecule has 156 valence electrons. The first-order chi connectivity index (χ1) is 13.2. The van der Waals surface area contributed by atoms with E-state index in [1.165, 1.54) is 11.3 Å². The molecule has 8 heteroatoms. The lowest BCUT2D eigenvalue weighted by molar-refractivity contribution is -0.130. The monoisotopic (exact) mass is 501 g/mol. The smallest absolute Gasteiger partial charge is 0.219 e. The number of guanidine groups is 1. The van der Waals surface area contributed by atoms with Crippen LogP contribution in [0, 0.1) is 0 Å². The molecule has 2 heterocycles. The molecule has 0 atom stereocenters. The molecule has 0 aromatic heterocycles. The van der Waals surface area contributed by atoms with Gasteiger partial charge in [0.2, 0.25) is 5.91 Å². The number of ether oxygens (including phenoxy) is 1. The van der Waals surface area contributed by atoms with Crippen molar-refractivity contribution in [2.75, 3.05) is 63.9 Å². The van der Waals surface area contributed by atoms with Crippen LogP contribution < -0.4 is 10.2 Å². The molecule has 2 fully saturated rings. The highest BCUT2D eigenvalue weighted by atomic mass is 127. The SMILES string of the molecule is CCNC(=NCc1ccc(N2CCOCC2)cc1)N1CCN(C(C)=O)CC1.I. The van der Waals surface area contributed by atoms with Gasteiger partial charge in [0.15, 0.2) is 5.96 Å². The summed E-state index contributed by atoms with van der Waals surface area (Å²) in [5.74, 6) is 1.08. The molecule has 0 saturated carbocycles. The van der Waals surface area contributed by atoms with Crippen LogP contribution in [0.15, 0.2) is 29.3 Å². The molecule has 2 saturated heterocycles. The van der Waals surface area contributed by atoms with Crippen molar-refractivity contribution in [1.29, 1.82) is 0 Å². The number of carbonyl (C=O) groups is 1. The third-order valence-electron chi connectivity index (χ3n) is 5.08. The average Bonchev–Trinajstić information content (AvgIpc) is 2.72. The lowest BCUT2D eigenvalue weighted by Crippen LogP contribution is -2.53. The number of rotatable bonds is 4. The molecule has 0 unspecified atom stereocenters. The fourth-order valence-electron chi connectivity index (χ4n) is 3.46. The highest BCUT2D eigenvalue weighted by Crippen LogP contribution is 2.17. The van der Waals surface area contributed by atoms with Crippen molar-refractivity contribution in [2.24, 2.45) is 4.99 Å². The van der Waals surface area contributed by atoms with Gasteiger partial charge in [0.05, 0.1) is 19.8 Å². The third kappa shape index (κ3) is 6.23. The second-order valence-corrected chi connectivity index (χ2v) is 6.93. The minimum Gasteiger partial charge on any atom is -0.378 e. The van der Waals surface area contributed by atoms with Crippen molar-refractivity contribution in [3.63, 3.8) is 0 Å². The Morgan fingerprint density at radius 3 is 2.21 bits per heavy atom. The van der Waals surface area contributed by atoms with Crippen molar-refractivity contribution in [3.05, 3.63) is 29.8 Å². The number of anilines is 1. The molecule has 0 bridgehead atoms. The second kappa shape index (κ2) is 11.5. The van der Waals surface area contributed by atoms with Gasteiger partial charge in [0.25, 0.3) is 0 Å². The Balaban J connectivity index is 0.00000280. The predicted octanol–water partition coefficient (Wildman–Crippen LogP) is 1.77. The summed E-state index contributed by atoms with van der Waals surface area (Å²) in [6.07, 6.45) is 0. The summed E-state index contributed by atoms with van der Waals surface area (Å²) in [6, 6.07) is 8.67. The molecule has 3 rings (SSSR count). The lowest BCUT2D eigenvalue weighted by atomic mass is 10.2. The number of carbonyl (C=O) groups excluding carboxylic acids is 1. The van der Waals surface area contributed by atoms with E-state index in [4.69, 9.17) is 9.73 Å². The van der Waals surface area contributed by atoms with E-state index in [9.17, 15) is 4.79 Å². The predicted molar refractivity (Wildman–Crippen MR) is 124 cm³/mol. The van der Waals surface area contributed by atoms with Crippen molar-refractivity contribution < 1.29 is 9.53 Å². The summed E-state index contributed by atoms with van der Waals surface area (Å²) >= 11 is 0. The maximum absolute atomic E-state index is 11.5. The number of halogens is 1. The van der Waals surface area contributed by atoms with Gasteiger partial charge in [-0.05, 0) is 24.6 Å². The highest BCUT2D eigenvalue weighted by molar-refractivity contribution is 14.0. The van der Waals surface area contributed by atoms with Crippen LogP contribution in [0.1, 0.15) is 19.4 Å². The Morgan fingerprint density at radius 2 is 1.64 bits per heavy atom. The van der Waals surface area contributed by atoms with Crippen LogP contribution in [-0.4, -0.2) is 80.7 Å². The van der Waals surface area contributed by atoms with E-state index in [0.29, 0.717) is 6.54 Å². The van der Waals surface area contributed by atoms with E-state index in [0.717, 1.165) is 65.0 Å². The van der Waals surface area contributed by atoms with Crippen LogP contribution in [0.25, 0.3) is 0 Å². The average molecular weight is 501 g/mol. The topological polar surface area (TPSA) is 60.4 Å². The molecule has 1 aromatic carbocycles. The van der Waals surface area contributed by atoms with E-state index in [-0.39, 0.29) is 29.9 Å². The number of nitrogens with zero attached hydrogens (tertiary/aromatic N) is 4. The maximum Gasteiger partial charge on any atom is 0.219 e. The van der Waals surface area contributed by atoms with Crippen molar-refractivity contribution in [1.82, 2.24) is 15.1 Å². The van der Waals surface area contributed by atoms with E-state index >= 15 is 0 Å². The third-order valence-corrected chi connectivity index (χ3v) is 5.08. The molecule has 0 spiro atoms. The second-order valence-electron chi connectivity index (χ2n) is 6.93. The Labute approximate surface area is 185 Å². The van der Waals surface area contributed by atoms with E-state index in [1.807, 2.05) is 4.90 Å². The lowest BCUT2D eigenvalue weighted by Gasteiger charge is -2.36. The van der Waals surface area contributed by atoms with E-state index in [1.54, 1.807) is 6.92 Å². The summed E-state index contributed by atoms with van der Waals surface area (Å²) in [7, 11) is 0. The summed E-state index contributed by atoms with van der Waals surface area (Å²) in [4.78, 5) is 22.8. The largest absolute Gasteiger partial charge is 0.378 e. The molecule has 0 aliphatic carbocycles. The molecule has 2 aliphatic heterocycles. The zero-order chi connectivity index (χ0) is 19.1. The number of amides is 1. The van der Waals surface area contributed by atoms with E-state index < -0.39 is 0 Å². The first kappa shape index (κ1) is 22.7. The van der Waals surface area contributed by atoms with Gasteiger partial charge in [-0.1, -0.05) is 12.1 Å². The molecule has 2 aliphatic rings. The molecule has 7 nitrogen and oxygen atoms in total. The number of morpholine rings is 1. The number of hydrogen-bond donors (Lipinski definition) is 1. The fraction of sp³-hybridized carbons (Fsp3) is 0.600. The van der Waals surface area contributed by atoms with Gasteiger partial charge >= 0.3 is 0 Å². The molecule has 0 radical (unpaired) electrons. The summed E-state index contributed by atoms with van der Waals surface area (Å²) < 4.78 is 5.42. The molecular formula is C20H32IN5O2. The molecular weight excluding hydrogens is 469 g/mol. The van der Waals surface area contributed by atoms with Crippen LogP contribution >= 0.6 is 24.0 Å². The Morgan fingerprint density at radius 1 is 1.04 bits per heavy atom. The molecule has 1 aromatic rings. The quantitative estimate of drug-likeness (QED) is 0.387. The number of aliphatic imine (C=N–C) groups is 1. The van der Waals surface area contributed by atoms with Gasteiger partial charge < -0.3 is 24.8 Å². The number of benzene rings is 1. The number of nitrogens with one attached hydrogen (secondary N) is 1. The van der Waals surface area contributed by atoms with Gasteiger partial charge in [-0.25, -0.2) is 4.99 Å². The van der Waals surface area contributed by atoms with Gasteiger partial charge in [-0.3, -0.25) is 4.79 Å². The Kier molecular flexibility index (Phi) is 9.30. The zero-order valence-corrected chi connectivity index (χ0v) is 19.2. The van der Waals surface area contributed by atoms with Gasteiger partial charge in [-0.15, -0.1) is 24.0 Å². The number of hydrogen-bond acceptors (Lipinski definition) is 4. The first-order valence-corrected chi connectivity index (χ1v) is 9.88. The minimum atomic E-state index is 0. The Bertz CT molecular complexity index is 639. The van der Waals surface area contributed by atoms with Crippen LogP contribution in [0.5, 0.6) is 0 Å². The van der Waals surface area contributed by atoms with Crippen molar-refractivity contribution in [3.8, 4) is 0 Å². The summed E-state index contributed by atoms with van der Waals surface area (Å²) in [6.45, 7) is 11.9. The standard InChI is InChI=1S/C20H31N5O2.HI/c1-3-21-20(25-10-8-23(9-11-25)17(2)26)22-16-18-4-6-19(7-5-18)24-12-14-27-15-13-24;/h4-7H,3,8-16H2,1-2H3,(H,21,22);1H. The molecule has 28 heavy (non-hydrogen) atoms. The maximum atomic E-state index is 11.5. The van der Waals surface area contributed by atoms with E-state index in [2.05, 4.69) is 46.3 Å². The van der Waals surface area contributed by atoms with Crippen LogP contribution in [0.3, 0.4) is 0 Å². The minimum absolute atomic E-state index is 0. The normalized spacial score (nSPS) is 17.9. The molecule has 1 N–H and O–H groups in total. The van der Waals surface area contributed by atoms with Gasteiger partial charge in [-0.2, -0.15) is 0 Å². The fourth-order valence-corrected chi connectivity index (χ4v) is 3.46. The number of piperazine rings is 1. The Hall–Kier alpha value is -1.55. The van der Waals surface area contributed by atoms with Crippen LogP contribution in [0.2, 0.25) is 0 Å². The van der Waals surface area contributed by atoms with Crippen molar-refractivity contribution in [2.45, 2.75) is 20.4 Å². The summed E-state index contributed by atoms with van der Waals surface area (Å²) in [5.41, 5.74) is 2.45. The first-order valence-electron chi connectivity index (χ1n) is 9.88. The molecule has 1 amide bonds. The highest BCUT2D eigenvalue weighted by Gasteiger charge is 2.20. The van der Waals surface area contributed by atoms with Crippen molar-refractivity contribution >= 4 is 41.5 Å². The van der Waals surface area contributed by atoms with Crippen LogP contribution in [0.4, 0.5) is 5.69 Å². The zero-order valence-electron chi connectivity index (χ0n) is 16.9.